The van der Waals surface area contributed by atoms with Gasteiger partial charge in [0.25, 0.3) is 0 Å². The van der Waals surface area contributed by atoms with Gasteiger partial charge >= 0.3 is 0 Å². The van der Waals surface area contributed by atoms with Crippen molar-refractivity contribution in [2.45, 2.75) is 6.92 Å². The molecule has 0 saturated heterocycles. The van der Waals surface area contributed by atoms with E-state index in [0.29, 0.717) is 23.0 Å². The van der Waals surface area contributed by atoms with Crippen molar-refractivity contribution in [1.82, 2.24) is 19.9 Å². The van der Waals surface area contributed by atoms with Crippen LogP contribution in [0.4, 0.5) is 0 Å². The van der Waals surface area contributed by atoms with Crippen molar-refractivity contribution >= 4 is 21.9 Å². The van der Waals surface area contributed by atoms with Crippen molar-refractivity contribution in [3.8, 4) is 22.7 Å². The van der Waals surface area contributed by atoms with E-state index < -0.39 is 0 Å². The van der Waals surface area contributed by atoms with E-state index >= 15 is 0 Å². The zero-order valence-electron chi connectivity index (χ0n) is 14.4. The fourth-order valence-electron chi connectivity index (χ4n) is 3.17. The fraction of sp³-hybridized carbons (Fsp3) is 0.0476. The summed E-state index contributed by atoms with van der Waals surface area (Å²) in [6.45, 7) is 1.83. The average molecular weight is 354 g/mol. The third-order valence-electron chi connectivity index (χ3n) is 4.45. The number of H-pyrrole nitrogens is 1. The third-order valence-corrected chi connectivity index (χ3v) is 4.45. The van der Waals surface area contributed by atoms with E-state index in [-0.39, 0.29) is 5.56 Å². The van der Waals surface area contributed by atoms with Crippen LogP contribution in [0.25, 0.3) is 44.6 Å². The number of nitrogens with zero attached hydrogens (tertiary/aromatic N) is 3. The highest BCUT2D eigenvalue weighted by Crippen LogP contribution is 2.33. The van der Waals surface area contributed by atoms with E-state index in [1.807, 2.05) is 37.3 Å². The highest BCUT2D eigenvalue weighted by Gasteiger charge is 2.16. The minimum atomic E-state index is -0.200. The Hall–Kier alpha value is -3.80. The van der Waals surface area contributed by atoms with Crippen LogP contribution in [-0.2, 0) is 0 Å². The normalized spacial score (nSPS) is 11.3. The zero-order valence-corrected chi connectivity index (χ0v) is 14.4. The Labute approximate surface area is 153 Å². The van der Waals surface area contributed by atoms with Gasteiger partial charge in [0, 0.05) is 28.6 Å². The first-order valence-corrected chi connectivity index (χ1v) is 8.49. The van der Waals surface area contributed by atoms with Crippen molar-refractivity contribution in [2.24, 2.45) is 0 Å². The van der Waals surface area contributed by atoms with Crippen LogP contribution in [0.3, 0.4) is 0 Å². The van der Waals surface area contributed by atoms with Crippen LogP contribution in [0.2, 0.25) is 0 Å². The molecule has 0 aliphatic heterocycles. The lowest BCUT2D eigenvalue weighted by atomic mass is 10.0. The summed E-state index contributed by atoms with van der Waals surface area (Å²) in [6, 6.07) is 15.2. The van der Waals surface area contributed by atoms with Crippen LogP contribution in [0, 0.1) is 6.92 Å². The zero-order chi connectivity index (χ0) is 18.4. The maximum Gasteiger partial charge on any atom is 0.249 e. The number of aryl methyl sites for hydroxylation is 1. The summed E-state index contributed by atoms with van der Waals surface area (Å²) in [5.41, 5.74) is 3.66. The number of benzene rings is 1. The first kappa shape index (κ1) is 15.5. The summed E-state index contributed by atoms with van der Waals surface area (Å²) in [6.07, 6.45) is 3.43. The summed E-state index contributed by atoms with van der Waals surface area (Å²) < 4.78 is 5.72. The van der Waals surface area contributed by atoms with Gasteiger partial charge in [-0.05, 0) is 42.8 Å². The standard InChI is InChI=1S/C21H14N4O2/c1-12-11-23-21(27-12)19-16(10-15-5-7-18(26)24-20(15)25-19)13-4-6-17-14(9-13)3-2-8-22-17/h2-11H,1H3,(H,24,25,26). The van der Waals surface area contributed by atoms with Gasteiger partial charge in [0.2, 0.25) is 11.4 Å². The van der Waals surface area contributed by atoms with E-state index in [0.717, 1.165) is 27.4 Å². The topological polar surface area (TPSA) is 84.7 Å². The van der Waals surface area contributed by atoms with Crippen LogP contribution in [-0.4, -0.2) is 19.9 Å². The van der Waals surface area contributed by atoms with Crippen LogP contribution < -0.4 is 5.56 Å². The summed E-state index contributed by atoms with van der Waals surface area (Å²) in [5.74, 6) is 1.11. The smallest absolute Gasteiger partial charge is 0.249 e. The van der Waals surface area contributed by atoms with Gasteiger partial charge < -0.3 is 9.40 Å². The van der Waals surface area contributed by atoms with Crippen LogP contribution >= 0.6 is 0 Å². The van der Waals surface area contributed by atoms with Gasteiger partial charge in [0.15, 0.2) is 0 Å². The second-order valence-electron chi connectivity index (χ2n) is 6.33. The molecule has 5 rings (SSSR count). The Morgan fingerprint density at radius 1 is 1.00 bits per heavy atom. The van der Waals surface area contributed by atoms with Crippen molar-refractivity contribution in [3.05, 3.63) is 77.0 Å². The van der Waals surface area contributed by atoms with Gasteiger partial charge in [-0.2, -0.15) is 0 Å². The second-order valence-corrected chi connectivity index (χ2v) is 6.33. The Morgan fingerprint density at radius 2 is 1.93 bits per heavy atom. The average Bonchev–Trinajstić information content (AvgIpc) is 3.13. The molecular weight excluding hydrogens is 340 g/mol. The fourth-order valence-corrected chi connectivity index (χ4v) is 3.17. The summed E-state index contributed by atoms with van der Waals surface area (Å²) in [5, 5.41) is 1.87. The van der Waals surface area contributed by atoms with Gasteiger partial charge in [-0.25, -0.2) is 9.97 Å². The summed E-state index contributed by atoms with van der Waals surface area (Å²) in [7, 11) is 0. The van der Waals surface area contributed by atoms with Gasteiger partial charge in [-0.3, -0.25) is 9.78 Å². The number of pyridine rings is 3. The Kier molecular flexibility index (Phi) is 3.36. The lowest BCUT2D eigenvalue weighted by Gasteiger charge is -2.09. The Balaban J connectivity index is 1.82. The monoisotopic (exact) mass is 354 g/mol. The Bertz CT molecular complexity index is 1370. The molecule has 4 heterocycles. The maximum absolute atomic E-state index is 11.7. The molecule has 4 aromatic heterocycles. The lowest BCUT2D eigenvalue weighted by molar-refractivity contribution is 0.541. The summed E-state index contributed by atoms with van der Waals surface area (Å²) >= 11 is 0. The van der Waals surface area contributed by atoms with Crippen LogP contribution in [0.5, 0.6) is 0 Å². The molecule has 0 unspecified atom stereocenters. The van der Waals surface area contributed by atoms with Crippen LogP contribution in [0.15, 0.2) is 70.1 Å². The number of hydrogen-bond acceptors (Lipinski definition) is 5. The highest BCUT2D eigenvalue weighted by molar-refractivity contribution is 5.92. The third kappa shape index (κ3) is 2.67. The predicted molar refractivity (Wildman–Crippen MR) is 103 cm³/mol. The molecule has 27 heavy (non-hydrogen) atoms. The molecule has 6 heteroatoms. The maximum atomic E-state index is 11.7. The van der Waals surface area contributed by atoms with E-state index in [9.17, 15) is 4.79 Å². The number of aromatic amines is 1. The molecule has 0 aliphatic rings. The molecule has 1 N–H and O–H groups in total. The first-order chi connectivity index (χ1) is 13.2. The number of fused-ring (bicyclic) bond motifs is 2. The molecule has 6 nitrogen and oxygen atoms in total. The molecule has 1 aromatic carbocycles. The van der Waals surface area contributed by atoms with E-state index in [1.54, 1.807) is 18.5 Å². The van der Waals surface area contributed by atoms with Gasteiger partial charge in [-0.1, -0.05) is 12.1 Å². The predicted octanol–water partition coefficient (Wildman–Crippen LogP) is 4.10. The van der Waals surface area contributed by atoms with Gasteiger partial charge in [0.1, 0.15) is 17.1 Å². The van der Waals surface area contributed by atoms with Crippen molar-refractivity contribution in [1.29, 1.82) is 0 Å². The minimum absolute atomic E-state index is 0.200. The SMILES string of the molecule is Cc1cnc(-c2nc3[nH]c(=O)ccc3cc2-c2ccc3ncccc3c2)o1. The second kappa shape index (κ2) is 5.88. The highest BCUT2D eigenvalue weighted by atomic mass is 16.4. The van der Waals surface area contributed by atoms with Crippen molar-refractivity contribution < 1.29 is 4.42 Å². The molecule has 0 aliphatic carbocycles. The molecule has 0 radical (unpaired) electrons. The van der Waals surface area contributed by atoms with Gasteiger partial charge in [0.05, 0.1) is 11.7 Å². The molecule has 0 saturated carbocycles. The molecule has 0 bridgehead atoms. The minimum Gasteiger partial charge on any atom is -0.440 e. The molecule has 0 spiro atoms. The van der Waals surface area contributed by atoms with E-state index in [2.05, 4.69) is 26.0 Å². The number of nitrogens with one attached hydrogen (secondary N) is 1. The lowest BCUT2D eigenvalue weighted by Crippen LogP contribution is -2.04. The number of oxazole rings is 1. The van der Waals surface area contributed by atoms with E-state index in [4.69, 9.17) is 4.42 Å². The van der Waals surface area contributed by atoms with Gasteiger partial charge in [-0.15, -0.1) is 0 Å². The molecule has 0 fully saturated rings. The summed E-state index contributed by atoms with van der Waals surface area (Å²) in [4.78, 5) is 27.8. The van der Waals surface area contributed by atoms with E-state index in [1.165, 1.54) is 6.07 Å². The van der Waals surface area contributed by atoms with Crippen molar-refractivity contribution in [3.63, 3.8) is 0 Å². The molecule has 0 amide bonds. The molecule has 0 atom stereocenters. The molecule has 130 valence electrons. The quantitative estimate of drug-likeness (QED) is 0.516. The number of aromatic nitrogens is 4. The first-order valence-electron chi connectivity index (χ1n) is 8.49. The van der Waals surface area contributed by atoms with Crippen LogP contribution in [0.1, 0.15) is 5.76 Å². The molecule has 5 aromatic rings. The largest absolute Gasteiger partial charge is 0.440 e. The number of hydrogen-bond donors (Lipinski definition) is 1. The van der Waals surface area contributed by atoms with Crippen molar-refractivity contribution in [2.75, 3.05) is 0 Å². The number of rotatable bonds is 2. The Morgan fingerprint density at radius 3 is 2.78 bits per heavy atom. The molecular formula is C21H14N4O2.